The molecule has 0 aromatic heterocycles. The van der Waals surface area contributed by atoms with E-state index in [4.69, 9.17) is 0 Å². The molecule has 0 rings (SSSR count). The van der Waals surface area contributed by atoms with E-state index in [1.807, 2.05) is 83.1 Å². The Morgan fingerprint density at radius 3 is 0.815 bits per heavy atom. The monoisotopic (exact) mass is 432 g/mol. The Bertz CT molecular complexity index is 505. The van der Waals surface area contributed by atoms with Crippen molar-refractivity contribution in [3.05, 3.63) is 23.7 Å². The number of carbonyl (C=O) groups is 2. The molecule has 0 saturated carbocycles. The maximum atomic E-state index is 11.5. The third-order valence-corrected chi connectivity index (χ3v) is 3.55. The Labute approximate surface area is 179 Å². The van der Waals surface area contributed by atoms with Gasteiger partial charge in [0, 0.05) is 53.3 Å². The normalized spacial score (nSPS) is 13.9. The first-order valence-electron chi connectivity index (χ1n) is 9.01. The van der Waals surface area contributed by atoms with Crippen LogP contribution in [0.1, 0.15) is 83.1 Å². The molecule has 0 aliphatic carbocycles. The van der Waals surface area contributed by atoms with Crippen LogP contribution in [0.3, 0.4) is 0 Å². The summed E-state index contributed by atoms with van der Waals surface area (Å²) in [6, 6.07) is 0. The number of allylic oxidation sites excluding steroid dienone is 4. The van der Waals surface area contributed by atoms with Crippen LogP contribution in [0.5, 0.6) is 0 Å². The van der Waals surface area contributed by atoms with Crippen LogP contribution in [-0.2, 0) is 29.1 Å². The van der Waals surface area contributed by atoms with Crippen LogP contribution in [0.4, 0.5) is 0 Å². The molecule has 27 heavy (non-hydrogen) atoms. The van der Waals surface area contributed by atoms with Gasteiger partial charge in [0.1, 0.15) is 11.5 Å². The molecule has 0 heterocycles. The van der Waals surface area contributed by atoms with E-state index in [9.17, 15) is 19.8 Å². The fourth-order valence-corrected chi connectivity index (χ4v) is 1.11. The van der Waals surface area contributed by atoms with E-state index in [1.165, 1.54) is 12.2 Å². The summed E-state index contributed by atoms with van der Waals surface area (Å²) in [6.45, 7) is 22.2. The Balaban J connectivity index is -0.000000411. The SMILES string of the molecule is CC(C)(C)C(=O)/C=C(/O)C(C)(C)C.CC(C)(C)C(=O)/C=C(\O)C(C)(C)C.[Zn]. The van der Waals surface area contributed by atoms with Gasteiger partial charge in [-0.25, -0.2) is 0 Å². The predicted octanol–water partition coefficient (Wildman–Crippen LogP) is 6.18. The van der Waals surface area contributed by atoms with E-state index >= 15 is 0 Å². The molecule has 0 saturated heterocycles. The minimum atomic E-state index is -0.417. The first kappa shape index (κ1) is 30.8. The molecule has 2 N–H and O–H groups in total. The molecule has 0 fully saturated rings. The fraction of sp³-hybridized carbons (Fsp3) is 0.727. The van der Waals surface area contributed by atoms with Gasteiger partial charge in [0.2, 0.25) is 0 Å². The number of aliphatic hydroxyl groups excluding tert-OH is 2. The van der Waals surface area contributed by atoms with Crippen molar-refractivity contribution in [1.29, 1.82) is 0 Å². The first-order chi connectivity index (χ1) is 11.1. The van der Waals surface area contributed by atoms with Crippen molar-refractivity contribution in [3.8, 4) is 0 Å². The zero-order valence-corrected chi connectivity index (χ0v) is 22.5. The number of ketones is 2. The first-order valence-corrected chi connectivity index (χ1v) is 9.01. The van der Waals surface area contributed by atoms with Crippen molar-refractivity contribution in [1.82, 2.24) is 0 Å². The smallest absolute Gasteiger partial charge is 0.164 e. The molecule has 0 aromatic rings. The molecule has 0 aliphatic rings. The number of carbonyl (C=O) groups excluding carboxylic acids is 2. The molecule has 0 radical (unpaired) electrons. The van der Waals surface area contributed by atoms with E-state index in [-0.39, 0.29) is 53.4 Å². The second-order valence-corrected chi connectivity index (χ2v) is 10.8. The molecule has 0 atom stereocenters. The summed E-state index contributed by atoms with van der Waals surface area (Å²) in [5, 5.41) is 19.1. The average molecular weight is 434 g/mol. The topological polar surface area (TPSA) is 74.6 Å². The Hall–Kier alpha value is -0.957. The Kier molecular flexibility index (Phi) is 12.0. The molecular weight excluding hydrogens is 394 g/mol. The van der Waals surface area contributed by atoms with Gasteiger partial charge in [-0.2, -0.15) is 0 Å². The summed E-state index contributed by atoms with van der Waals surface area (Å²) in [7, 11) is 0. The zero-order valence-electron chi connectivity index (χ0n) is 19.6. The summed E-state index contributed by atoms with van der Waals surface area (Å²) < 4.78 is 0. The second kappa shape index (κ2) is 10.6. The molecule has 0 bridgehead atoms. The predicted molar refractivity (Wildman–Crippen MR) is 109 cm³/mol. The van der Waals surface area contributed by atoms with E-state index in [2.05, 4.69) is 0 Å². The van der Waals surface area contributed by atoms with Gasteiger partial charge in [-0.05, 0) is 0 Å². The van der Waals surface area contributed by atoms with Crippen LogP contribution in [0.2, 0.25) is 0 Å². The molecule has 0 aliphatic heterocycles. The summed E-state index contributed by atoms with van der Waals surface area (Å²) in [6.07, 6.45) is 2.67. The van der Waals surface area contributed by atoms with Gasteiger partial charge in [-0.15, -0.1) is 0 Å². The van der Waals surface area contributed by atoms with Gasteiger partial charge in [0.25, 0.3) is 0 Å². The van der Waals surface area contributed by atoms with Crippen LogP contribution in [0, 0.1) is 21.7 Å². The standard InChI is InChI=1S/2C11H20O2.Zn/c2*1-10(2,3)8(12)7-9(13)11(4,5)6;/h2*7,12H,1-6H3;/b8-7+;8-7-;. The molecule has 0 spiro atoms. The molecule has 4 nitrogen and oxygen atoms in total. The van der Waals surface area contributed by atoms with Gasteiger partial charge in [0.05, 0.1) is 0 Å². The van der Waals surface area contributed by atoms with Crippen molar-refractivity contribution in [2.45, 2.75) is 83.1 Å². The van der Waals surface area contributed by atoms with Crippen molar-refractivity contribution >= 4 is 11.6 Å². The summed E-state index contributed by atoms with van der Waals surface area (Å²) in [5.41, 5.74) is -1.53. The van der Waals surface area contributed by atoms with E-state index < -0.39 is 10.8 Å². The van der Waals surface area contributed by atoms with E-state index in [1.54, 1.807) is 0 Å². The van der Waals surface area contributed by atoms with Crippen LogP contribution < -0.4 is 0 Å². The van der Waals surface area contributed by atoms with E-state index in [0.717, 1.165) is 0 Å². The van der Waals surface area contributed by atoms with Crippen molar-refractivity contribution in [2.24, 2.45) is 21.7 Å². The molecule has 5 heteroatoms. The van der Waals surface area contributed by atoms with E-state index in [0.29, 0.717) is 0 Å². The van der Waals surface area contributed by atoms with Gasteiger partial charge in [-0.1, -0.05) is 83.1 Å². The van der Waals surface area contributed by atoms with Gasteiger partial charge >= 0.3 is 0 Å². The van der Waals surface area contributed by atoms with Crippen LogP contribution in [-0.4, -0.2) is 21.8 Å². The van der Waals surface area contributed by atoms with Crippen molar-refractivity contribution in [3.63, 3.8) is 0 Å². The summed E-state index contributed by atoms with van der Waals surface area (Å²) >= 11 is 0. The zero-order chi connectivity index (χ0) is 21.7. The van der Waals surface area contributed by atoms with Crippen molar-refractivity contribution in [2.75, 3.05) is 0 Å². The molecule has 0 amide bonds. The maximum Gasteiger partial charge on any atom is 0.164 e. The van der Waals surface area contributed by atoms with Crippen LogP contribution in [0.25, 0.3) is 0 Å². The second-order valence-electron chi connectivity index (χ2n) is 10.8. The van der Waals surface area contributed by atoms with Crippen LogP contribution in [0.15, 0.2) is 23.7 Å². The third kappa shape index (κ3) is 13.8. The van der Waals surface area contributed by atoms with Crippen LogP contribution >= 0.6 is 0 Å². The van der Waals surface area contributed by atoms with Gasteiger partial charge in [0.15, 0.2) is 11.6 Å². The van der Waals surface area contributed by atoms with Crippen molar-refractivity contribution < 1.29 is 39.3 Å². The molecule has 154 valence electrons. The molecular formula is C22H40O4Zn. The Morgan fingerprint density at radius 2 is 0.704 bits per heavy atom. The number of hydrogen-bond donors (Lipinski definition) is 2. The number of aliphatic hydroxyl groups is 2. The van der Waals surface area contributed by atoms with Gasteiger partial charge < -0.3 is 10.2 Å². The third-order valence-electron chi connectivity index (χ3n) is 3.55. The molecule has 0 aromatic carbocycles. The Morgan fingerprint density at radius 1 is 0.519 bits per heavy atom. The largest absolute Gasteiger partial charge is 0.512 e. The summed E-state index contributed by atoms with van der Waals surface area (Å²) in [5.74, 6) is 0.208. The average Bonchev–Trinajstić information content (AvgIpc) is 2.34. The van der Waals surface area contributed by atoms with Gasteiger partial charge in [-0.3, -0.25) is 9.59 Å². The number of rotatable bonds is 2. The minimum Gasteiger partial charge on any atom is -0.512 e. The fourth-order valence-electron chi connectivity index (χ4n) is 1.11. The quantitative estimate of drug-likeness (QED) is 0.310. The minimum absolute atomic E-state index is 0. The molecule has 0 unspecified atom stereocenters. The maximum absolute atomic E-state index is 11.5. The number of hydrogen-bond acceptors (Lipinski definition) is 4. The summed E-state index contributed by atoms with van der Waals surface area (Å²) in [4.78, 5) is 23.0.